The number of aromatic carboxylic acids is 1. The highest BCUT2D eigenvalue weighted by molar-refractivity contribution is 5.89. The van der Waals surface area contributed by atoms with E-state index in [2.05, 4.69) is 5.32 Å². The van der Waals surface area contributed by atoms with Crippen molar-refractivity contribution in [1.82, 2.24) is 10.2 Å². The number of nitrogens with one attached hydrogen (secondary N) is 1. The number of carboxylic acids is 1. The number of likely N-dealkylation sites (N-methyl/N-ethyl adjacent to an activating group) is 1. The monoisotopic (exact) mass is 278 g/mol. The summed E-state index contributed by atoms with van der Waals surface area (Å²) in [4.78, 5) is 24.6. The number of carbonyl (C=O) groups is 2. The molecule has 1 aromatic rings. The molecule has 0 fully saturated rings. The van der Waals surface area contributed by atoms with Gasteiger partial charge in [0.15, 0.2) is 0 Å². The summed E-state index contributed by atoms with van der Waals surface area (Å²) in [5.74, 6) is -0.579. The molecular weight excluding hydrogens is 256 g/mol. The third kappa shape index (κ3) is 5.40. The van der Waals surface area contributed by atoms with Crippen molar-refractivity contribution in [2.75, 3.05) is 20.1 Å². The molecule has 0 aliphatic heterocycles. The summed E-state index contributed by atoms with van der Waals surface area (Å²) >= 11 is 0. The van der Waals surface area contributed by atoms with E-state index in [1.807, 2.05) is 13.8 Å². The second kappa shape index (κ2) is 7.65. The fraction of sp³-hybridized carbons (Fsp3) is 0.467. The fourth-order valence-corrected chi connectivity index (χ4v) is 1.83. The Morgan fingerprint density at radius 1 is 1.30 bits per heavy atom. The highest BCUT2D eigenvalue weighted by Gasteiger charge is 2.12. The average molecular weight is 278 g/mol. The van der Waals surface area contributed by atoms with E-state index in [4.69, 9.17) is 5.11 Å². The quantitative estimate of drug-likeness (QED) is 0.794. The van der Waals surface area contributed by atoms with Crippen LogP contribution in [-0.4, -0.2) is 42.0 Å². The Hall–Kier alpha value is -1.88. The summed E-state index contributed by atoms with van der Waals surface area (Å²) in [7, 11) is 1.80. The van der Waals surface area contributed by atoms with Gasteiger partial charge in [-0.25, -0.2) is 4.79 Å². The van der Waals surface area contributed by atoms with Crippen LogP contribution in [0.1, 0.15) is 29.8 Å². The Morgan fingerprint density at radius 2 is 1.95 bits per heavy atom. The molecule has 0 aromatic heterocycles. The first kappa shape index (κ1) is 16.2. The molecule has 2 N–H and O–H groups in total. The van der Waals surface area contributed by atoms with Crippen LogP contribution >= 0.6 is 0 Å². The van der Waals surface area contributed by atoms with Crippen LogP contribution in [0.2, 0.25) is 0 Å². The second-order valence-electron chi connectivity index (χ2n) is 5.33. The lowest BCUT2D eigenvalue weighted by Gasteiger charge is -2.18. The number of carboxylic acid groups (broad SMARTS) is 1. The van der Waals surface area contributed by atoms with Crippen molar-refractivity contribution in [3.8, 4) is 0 Å². The van der Waals surface area contributed by atoms with E-state index in [9.17, 15) is 9.59 Å². The maximum Gasteiger partial charge on any atom is 0.336 e. The van der Waals surface area contributed by atoms with E-state index >= 15 is 0 Å². The van der Waals surface area contributed by atoms with Gasteiger partial charge in [-0.2, -0.15) is 0 Å². The molecule has 1 amide bonds. The molecule has 5 heteroatoms. The molecule has 0 saturated heterocycles. The molecule has 0 atom stereocenters. The smallest absolute Gasteiger partial charge is 0.336 e. The molecule has 0 radical (unpaired) electrons. The third-order valence-corrected chi connectivity index (χ3v) is 2.81. The summed E-state index contributed by atoms with van der Waals surface area (Å²) < 4.78 is 0. The van der Waals surface area contributed by atoms with Gasteiger partial charge in [0.05, 0.1) is 12.1 Å². The van der Waals surface area contributed by atoms with Crippen LogP contribution in [0.25, 0.3) is 0 Å². The van der Waals surface area contributed by atoms with Gasteiger partial charge in [0.2, 0.25) is 5.91 Å². The summed E-state index contributed by atoms with van der Waals surface area (Å²) in [6.45, 7) is 5.40. The van der Waals surface area contributed by atoms with Gasteiger partial charge in [0, 0.05) is 13.1 Å². The van der Waals surface area contributed by atoms with Gasteiger partial charge in [-0.1, -0.05) is 32.0 Å². The van der Waals surface area contributed by atoms with E-state index in [1.54, 1.807) is 36.2 Å². The van der Waals surface area contributed by atoms with Crippen LogP contribution in [0.4, 0.5) is 0 Å². The summed E-state index contributed by atoms with van der Waals surface area (Å²) in [5.41, 5.74) is 0.987. The minimum absolute atomic E-state index is 0.0472. The van der Waals surface area contributed by atoms with E-state index in [-0.39, 0.29) is 18.0 Å². The van der Waals surface area contributed by atoms with Crippen LogP contribution in [-0.2, 0) is 11.3 Å². The zero-order valence-corrected chi connectivity index (χ0v) is 12.2. The zero-order chi connectivity index (χ0) is 15.1. The third-order valence-electron chi connectivity index (χ3n) is 2.81. The van der Waals surface area contributed by atoms with Crippen molar-refractivity contribution in [3.63, 3.8) is 0 Å². The molecule has 0 aliphatic carbocycles. The van der Waals surface area contributed by atoms with E-state index in [1.165, 1.54) is 0 Å². The number of rotatable bonds is 7. The van der Waals surface area contributed by atoms with E-state index in [0.29, 0.717) is 24.6 Å². The number of amides is 1. The highest BCUT2D eigenvalue weighted by atomic mass is 16.4. The van der Waals surface area contributed by atoms with Crippen LogP contribution in [0, 0.1) is 5.92 Å². The number of nitrogens with zero attached hydrogens (tertiary/aromatic N) is 1. The van der Waals surface area contributed by atoms with Crippen LogP contribution in [0.3, 0.4) is 0 Å². The minimum atomic E-state index is -0.946. The first-order chi connectivity index (χ1) is 9.40. The molecule has 0 unspecified atom stereocenters. The van der Waals surface area contributed by atoms with Gasteiger partial charge >= 0.3 is 5.97 Å². The standard InChI is InChI=1S/C15H22N2O3/c1-11(2)8-16-14(18)10-17(3)9-12-6-4-5-7-13(12)15(19)20/h4-7,11H,8-10H2,1-3H3,(H,16,18)(H,19,20). The van der Waals surface area contributed by atoms with Gasteiger partial charge in [0.1, 0.15) is 0 Å². The van der Waals surface area contributed by atoms with Crippen molar-refractivity contribution in [3.05, 3.63) is 35.4 Å². The summed E-state index contributed by atoms with van der Waals surface area (Å²) in [6.07, 6.45) is 0. The molecule has 0 aliphatic rings. The summed E-state index contributed by atoms with van der Waals surface area (Å²) in [6, 6.07) is 6.84. The number of benzene rings is 1. The maximum absolute atomic E-state index is 11.7. The van der Waals surface area contributed by atoms with Gasteiger partial charge in [-0.05, 0) is 24.6 Å². The minimum Gasteiger partial charge on any atom is -0.478 e. The Kier molecular flexibility index (Phi) is 6.18. The van der Waals surface area contributed by atoms with Crippen molar-refractivity contribution < 1.29 is 14.7 Å². The van der Waals surface area contributed by atoms with E-state index in [0.717, 1.165) is 0 Å². The Morgan fingerprint density at radius 3 is 2.55 bits per heavy atom. The van der Waals surface area contributed by atoms with Crippen LogP contribution in [0.5, 0.6) is 0 Å². The predicted molar refractivity (Wildman–Crippen MR) is 77.6 cm³/mol. The molecule has 1 rings (SSSR count). The molecule has 0 bridgehead atoms. The Balaban J connectivity index is 2.56. The SMILES string of the molecule is CC(C)CNC(=O)CN(C)Cc1ccccc1C(=O)O. The van der Waals surface area contributed by atoms with Crippen molar-refractivity contribution in [2.45, 2.75) is 20.4 Å². The molecule has 0 spiro atoms. The normalized spacial score (nSPS) is 10.8. The van der Waals surface area contributed by atoms with Crippen molar-refractivity contribution in [2.24, 2.45) is 5.92 Å². The number of hydrogen-bond donors (Lipinski definition) is 2. The first-order valence-electron chi connectivity index (χ1n) is 6.66. The van der Waals surface area contributed by atoms with Gasteiger partial charge in [0.25, 0.3) is 0 Å². The fourth-order valence-electron chi connectivity index (χ4n) is 1.83. The molecule has 5 nitrogen and oxygen atoms in total. The topological polar surface area (TPSA) is 69.6 Å². The Labute approximate surface area is 119 Å². The lowest BCUT2D eigenvalue weighted by atomic mass is 10.1. The van der Waals surface area contributed by atoms with Crippen molar-refractivity contribution >= 4 is 11.9 Å². The number of hydrogen-bond acceptors (Lipinski definition) is 3. The average Bonchev–Trinajstić information content (AvgIpc) is 2.36. The number of carbonyl (C=O) groups excluding carboxylic acids is 1. The zero-order valence-electron chi connectivity index (χ0n) is 12.2. The lowest BCUT2D eigenvalue weighted by molar-refractivity contribution is -0.122. The molecule has 20 heavy (non-hydrogen) atoms. The van der Waals surface area contributed by atoms with Gasteiger partial charge in [-0.3, -0.25) is 9.69 Å². The first-order valence-corrected chi connectivity index (χ1v) is 6.66. The lowest BCUT2D eigenvalue weighted by Crippen LogP contribution is -2.36. The highest BCUT2D eigenvalue weighted by Crippen LogP contribution is 2.10. The van der Waals surface area contributed by atoms with Crippen LogP contribution in [0.15, 0.2) is 24.3 Å². The van der Waals surface area contributed by atoms with Gasteiger partial charge < -0.3 is 10.4 Å². The van der Waals surface area contributed by atoms with E-state index < -0.39 is 5.97 Å². The molecule has 1 aromatic carbocycles. The second-order valence-corrected chi connectivity index (χ2v) is 5.33. The molecular formula is C15H22N2O3. The molecule has 110 valence electrons. The van der Waals surface area contributed by atoms with Crippen LogP contribution < -0.4 is 5.32 Å². The maximum atomic E-state index is 11.7. The molecule has 0 heterocycles. The predicted octanol–water partition coefficient (Wildman–Crippen LogP) is 1.59. The Bertz CT molecular complexity index is 472. The van der Waals surface area contributed by atoms with Gasteiger partial charge in [-0.15, -0.1) is 0 Å². The largest absolute Gasteiger partial charge is 0.478 e. The van der Waals surface area contributed by atoms with Crippen molar-refractivity contribution in [1.29, 1.82) is 0 Å². The molecule has 0 saturated carbocycles. The summed E-state index contributed by atoms with van der Waals surface area (Å²) in [5, 5.41) is 11.9.